The smallest absolute Gasteiger partial charge is 0.333 e. The van der Waals surface area contributed by atoms with Crippen LogP contribution in [0.25, 0.3) is 59.7 Å². The summed E-state index contributed by atoms with van der Waals surface area (Å²) in [4.78, 5) is 3.85. The Morgan fingerprint density at radius 1 is 0.533 bits per heavy atom. The lowest BCUT2D eigenvalue weighted by Crippen LogP contribution is -2.55. The summed E-state index contributed by atoms with van der Waals surface area (Å²) in [6.45, 7) is 0.0827. The number of fused-ring (bicyclic) bond motifs is 11. The Balaban J connectivity index is 1.36. The van der Waals surface area contributed by atoms with Crippen molar-refractivity contribution >= 4 is 89.8 Å². The van der Waals surface area contributed by atoms with Crippen molar-refractivity contribution in [3.05, 3.63) is 145 Å². The third-order valence-corrected chi connectivity index (χ3v) is 10.9. The first-order valence-electron chi connectivity index (χ1n) is 15.5. The zero-order valence-electron chi connectivity index (χ0n) is 24.2. The molecule has 0 unspecified atom stereocenters. The molecule has 2 aliphatic rings. The summed E-state index contributed by atoms with van der Waals surface area (Å²) in [5.74, 6) is 0. The number of hydrogen-bond acceptors (Lipinski definition) is 2. The van der Waals surface area contributed by atoms with E-state index in [1.807, 2.05) is 11.3 Å². The molecule has 0 fully saturated rings. The van der Waals surface area contributed by atoms with Crippen molar-refractivity contribution in [1.82, 2.24) is 9.05 Å². The predicted molar refractivity (Wildman–Crippen MR) is 192 cm³/mol. The molecule has 5 heterocycles. The maximum Gasteiger partial charge on any atom is 0.333 e. The molecule has 3 aromatic heterocycles. The summed E-state index contributed by atoms with van der Waals surface area (Å²) in [7, 11) is 0. The van der Waals surface area contributed by atoms with E-state index in [-0.39, 0.29) is 6.85 Å². The van der Waals surface area contributed by atoms with E-state index in [4.69, 9.17) is 0 Å². The molecule has 0 atom stereocenters. The van der Waals surface area contributed by atoms with Gasteiger partial charge in [0.2, 0.25) is 0 Å². The average molecular weight is 590 g/mol. The average Bonchev–Trinajstić information content (AvgIpc) is 3.79. The highest BCUT2D eigenvalue weighted by molar-refractivity contribution is 7.17. The van der Waals surface area contributed by atoms with Gasteiger partial charge in [-0.25, -0.2) is 0 Å². The van der Waals surface area contributed by atoms with Gasteiger partial charge in [0, 0.05) is 65.5 Å². The summed E-state index contributed by atoms with van der Waals surface area (Å²) in [5, 5.41) is 7.62. The summed E-state index contributed by atoms with van der Waals surface area (Å²) < 4.78 is 5.15. The SMILES string of the molecule is c1ccc(N2c3ccccc3B3c4c2csc4-c2cc4c5ccccc5n(-c5ccccc5)c4c4c5ccccc5n3c24)cc1. The number of anilines is 3. The normalized spacial score (nSPS) is 13.2. The highest BCUT2D eigenvalue weighted by Gasteiger charge is 2.44. The van der Waals surface area contributed by atoms with Gasteiger partial charge in [-0.1, -0.05) is 91.0 Å². The zero-order chi connectivity index (χ0) is 29.2. The Bertz CT molecular complexity index is 2660. The van der Waals surface area contributed by atoms with Gasteiger partial charge in [0.15, 0.2) is 0 Å². The number of thiophene rings is 1. The lowest BCUT2D eigenvalue weighted by molar-refractivity contribution is 1.19. The van der Waals surface area contributed by atoms with E-state index in [0.717, 1.165) is 0 Å². The molecule has 208 valence electrons. The van der Waals surface area contributed by atoms with Crippen molar-refractivity contribution in [2.24, 2.45) is 0 Å². The molecule has 0 spiro atoms. The van der Waals surface area contributed by atoms with E-state index in [1.165, 1.54) is 87.7 Å². The largest absolute Gasteiger partial charge is 0.375 e. The number of aromatic nitrogens is 2. The third-order valence-electron chi connectivity index (χ3n) is 9.93. The second-order valence-corrected chi connectivity index (χ2v) is 13.0. The van der Waals surface area contributed by atoms with Crippen LogP contribution in [0.15, 0.2) is 145 Å². The van der Waals surface area contributed by atoms with E-state index in [2.05, 4.69) is 159 Å². The van der Waals surface area contributed by atoms with Crippen molar-refractivity contribution in [3.63, 3.8) is 0 Å². The molecular weight excluding hydrogens is 565 g/mol. The second-order valence-electron chi connectivity index (χ2n) is 12.1. The monoisotopic (exact) mass is 589 g/mol. The fourth-order valence-electron chi connectivity index (χ4n) is 8.26. The van der Waals surface area contributed by atoms with Crippen molar-refractivity contribution in [2.45, 2.75) is 0 Å². The van der Waals surface area contributed by atoms with Gasteiger partial charge in [-0.05, 0) is 59.5 Å². The van der Waals surface area contributed by atoms with E-state index >= 15 is 0 Å². The van der Waals surface area contributed by atoms with Crippen LogP contribution >= 0.6 is 11.3 Å². The first kappa shape index (κ1) is 23.9. The van der Waals surface area contributed by atoms with Crippen molar-refractivity contribution in [1.29, 1.82) is 0 Å². The number of nitrogens with zero attached hydrogens (tertiary/aromatic N) is 3. The highest BCUT2D eigenvalue weighted by atomic mass is 32.1. The molecule has 3 nitrogen and oxygen atoms in total. The molecule has 6 aromatic carbocycles. The van der Waals surface area contributed by atoms with Crippen LogP contribution in [0.3, 0.4) is 0 Å². The molecule has 0 saturated heterocycles. The Morgan fingerprint density at radius 3 is 2.02 bits per heavy atom. The molecule has 5 heteroatoms. The van der Waals surface area contributed by atoms with Crippen LogP contribution in [0.2, 0.25) is 0 Å². The maximum absolute atomic E-state index is 2.66. The number of benzene rings is 6. The van der Waals surface area contributed by atoms with Crippen LogP contribution in [0.4, 0.5) is 17.1 Å². The van der Waals surface area contributed by atoms with E-state index in [0.29, 0.717) is 0 Å². The summed E-state index contributed by atoms with van der Waals surface area (Å²) in [5.41, 5.74) is 14.1. The maximum atomic E-state index is 2.66. The summed E-state index contributed by atoms with van der Waals surface area (Å²) in [6.07, 6.45) is 0. The van der Waals surface area contributed by atoms with Crippen LogP contribution in [0.1, 0.15) is 0 Å². The minimum atomic E-state index is 0.0827. The molecule has 2 aliphatic heterocycles. The molecule has 11 rings (SSSR count). The molecule has 0 radical (unpaired) electrons. The Kier molecular flexibility index (Phi) is 4.54. The van der Waals surface area contributed by atoms with Crippen molar-refractivity contribution in [2.75, 3.05) is 4.90 Å². The predicted octanol–water partition coefficient (Wildman–Crippen LogP) is 9.37. The van der Waals surface area contributed by atoms with Crippen molar-refractivity contribution < 1.29 is 0 Å². The summed E-state index contributed by atoms with van der Waals surface area (Å²) in [6, 6.07) is 51.1. The van der Waals surface area contributed by atoms with Crippen LogP contribution in [0, 0.1) is 0 Å². The first-order chi connectivity index (χ1) is 22.4. The standard InChI is InChI=1S/C40H24BN3S/c1-3-13-25(14-4-1)42-34-22-12-9-19-31(34)41-37-35(42)24-45-40(37)30-23-29-27-17-7-10-20-32(27)43(26-15-5-2-6-16-26)38(29)36-28-18-8-11-21-33(28)44(41)39(30)36/h1-24H. The quantitative estimate of drug-likeness (QED) is 0.183. The van der Waals surface area contributed by atoms with Gasteiger partial charge in [0.05, 0.1) is 16.7 Å². The molecule has 0 bridgehead atoms. The topological polar surface area (TPSA) is 13.1 Å². The minimum absolute atomic E-state index is 0.0827. The van der Waals surface area contributed by atoms with Crippen LogP contribution in [-0.2, 0) is 0 Å². The van der Waals surface area contributed by atoms with Gasteiger partial charge >= 0.3 is 6.85 Å². The van der Waals surface area contributed by atoms with Crippen LogP contribution < -0.4 is 15.8 Å². The fraction of sp³-hybridized carbons (Fsp3) is 0. The molecule has 0 N–H and O–H groups in total. The van der Waals surface area contributed by atoms with Crippen LogP contribution in [-0.4, -0.2) is 15.9 Å². The molecular formula is C40H24BN3S. The zero-order valence-corrected chi connectivity index (χ0v) is 25.0. The van der Waals surface area contributed by atoms with E-state index < -0.39 is 0 Å². The van der Waals surface area contributed by atoms with Gasteiger partial charge in [-0.3, -0.25) is 0 Å². The Hall–Kier alpha value is -5.52. The first-order valence-corrected chi connectivity index (χ1v) is 16.4. The van der Waals surface area contributed by atoms with Crippen molar-refractivity contribution in [3.8, 4) is 16.1 Å². The lowest BCUT2D eigenvalue weighted by atomic mass is 9.46. The highest BCUT2D eigenvalue weighted by Crippen LogP contribution is 2.50. The number of hydrogen-bond donors (Lipinski definition) is 0. The number of rotatable bonds is 2. The molecule has 9 aromatic rings. The molecule has 0 amide bonds. The second kappa shape index (κ2) is 8.56. The van der Waals surface area contributed by atoms with Gasteiger partial charge in [-0.2, -0.15) is 0 Å². The molecule has 0 aliphatic carbocycles. The van der Waals surface area contributed by atoms with E-state index in [9.17, 15) is 0 Å². The van der Waals surface area contributed by atoms with Gasteiger partial charge in [-0.15, -0.1) is 11.3 Å². The Morgan fingerprint density at radius 2 is 1.20 bits per heavy atom. The minimum Gasteiger partial charge on any atom is -0.375 e. The van der Waals surface area contributed by atoms with Gasteiger partial charge < -0.3 is 13.9 Å². The molecule has 0 saturated carbocycles. The molecule has 45 heavy (non-hydrogen) atoms. The van der Waals surface area contributed by atoms with Gasteiger partial charge in [0.25, 0.3) is 0 Å². The van der Waals surface area contributed by atoms with E-state index in [1.54, 1.807) is 0 Å². The fourth-order valence-corrected chi connectivity index (χ4v) is 9.35. The number of para-hydroxylation sites is 5. The van der Waals surface area contributed by atoms with Crippen LogP contribution in [0.5, 0.6) is 0 Å². The Labute approximate surface area is 263 Å². The lowest BCUT2D eigenvalue weighted by Gasteiger charge is -2.37. The van der Waals surface area contributed by atoms with Gasteiger partial charge in [0.1, 0.15) is 0 Å². The summed E-state index contributed by atoms with van der Waals surface area (Å²) >= 11 is 1.89. The third kappa shape index (κ3) is 2.92.